The summed E-state index contributed by atoms with van der Waals surface area (Å²) in [4.78, 5) is 9.12. The zero-order chi connectivity index (χ0) is 21.8. The average Bonchev–Trinajstić information content (AvgIpc) is 3.36. The Balaban J connectivity index is 1.83. The second-order valence-corrected chi connectivity index (χ2v) is 7.89. The number of pyridine rings is 1. The molecule has 1 unspecified atom stereocenters. The summed E-state index contributed by atoms with van der Waals surface area (Å²) in [6.07, 6.45) is 10.9. The molecule has 1 aromatic rings. The van der Waals surface area contributed by atoms with E-state index in [0.717, 1.165) is 53.9 Å². The van der Waals surface area contributed by atoms with Crippen molar-refractivity contribution in [3.8, 4) is 0 Å². The van der Waals surface area contributed by atoms with E-state index in [9.17, 15) is 4.39 Å². The molecule has 3 aliphatic rings. The van der Waals surface area contributed by atoms with Gasteiger partial charge in [-0.3, -0.25) is 9.98 Å². The average molecular weight is 422 g/mol. The molecule has 6 heteroatoms. The van der Waals surface area contributed by atoms with Crippen molar-refractivity contribution in [1.29, 1.82) is 0 Å². The normalized spacial score (nSPS) is 20.9. The van der Waals surface area contributed by atoms with Crippen LogP contribution >= 0.6 is 0 Å². The van der Waals surface area contributed by atoms with Gasteiger partial charge in [0, 0.05) is 55.7 Å². The highest BCUT2D eigenvalue weighted by Gasteiger charge is 2.31. The van der Waals surface area contributed by atoms with Crippen molar-refractivity contribution in [1.82, 2.24) is 10.3 Å². The molecule has 0 aromatic carbocycles. The number of fused-ring (bicyclic) bond motifs is 1. The van der Waals surface area contributed by atoms with Crippen LogP contribution in [-0.2, 0) is 22.4 Å². The minimum absolute atomic E-state index is 0.314. The van der Waals surface area contributed by atoms with Crippen molar-refractivity contribution in [2.24, 2.45) is 10.9 Å². The van der Waals surface area contributed by atoms with Crippen molar-refractivity contribution in [3.05, 3.63) is 81.7 Å². The van der Waals surface area contributed by atoms with Crippen molar-refractivity contribution in [2.45, 2.75) is 26.3 Å². The molecular formula is C25H28FN3O2. The molecule has 1 aromatic heterocycles. The zero-order valence-corrected chi connectivity index (χ0v) is 18.1. The van der Waals surface area contributed by atoms with Gasteiger partial charge >= 0.3 is 0 Å². The maximum Gasteiger partial charge on any atom is 0.123 e. The first kappa shape index (κ1) is 21.4. The summed E-state index contributed by atoms with van der Waals surface area (Å²) in [5.41, 5.74) is 7.01. The number of hydrogen-bond donors (Lipinski definition) is 1. The molecule has 4 rings (SSSR count). The fraction of sp³-hybridized carbons (Fsp3) is 0.360. The number of aromatic nitrogens is 1. The summed E-state index contributed by atoms with van der Waals surface area (Å²) in [5.74, 6) is -0.149. The number of ether oxygens (including phenoxy) is 2. The van der Waals surface area contributed by atoms with Crippen LogP contribution in [0.1, 0.15) is 30.2 Å². The van der Waals surface area contributed by atoms with E-state index in [4.69, 9.17) is 9.47 Å². The predicted octanol–water partition coefficient (Wildman–Crippen LogP) is 4.45. The van der Waals surface area contributed by atoms with Gasteiger partial charge in [0.25, 0.3) is 0 Å². The number of halogens is 1. The summed E-state index contributed by atoms with van der Waals surface area (Å²) in [6.45, 7) is 8.45. The first-order valence-corrected chi connectivity index (χ1v) is 10.6. The Morgan fingerprint density at radius 1 is 1.39 bits per heavy atom. The molecular weight excluding hydrogens is 393 g/mol. The van der Waals surface area contributed by atoms with Crippen LogP contribution in [0.25, 0.3) is 5.70 Å². The van der Waals surface area contributed by atoms with Gasteiger partial charge in [0.1, 0.15) is 18.2 Å². The van der Waals surface area contributed by atoms with Gasteiger partial charge in [0.2, 0.25) is 0 Å². The van der Waals surface area contributed by atoms with Gasteiger partial charge in [-0.1, -0.05) is 17.7 Å². The van der Waals surface area contributed by atoms with E-state index < -0.39 is 0 Å². The molecule has 1 atom stereocenters. The molecule has 31 heavy (non-hydrogen) atoms. The highest BCUT2D eigenvalue weighted by atomic mass is 19.1. The minimum atomic E-state index is -0.390. The monoisotopic (exact) mass is 421 g/mol. The lowest BCUT2D eigenvalue weighted by Gasteiger charge is -2.23. The van der Waals surface area contributed by atoms with Gasteiger partial charge in [0.05, 0.1) is 18.2 Å². The van der Waals surface area contributed by atoms with Crippen LogP contribution in [0.5, 0.6) is 0 Å². The Bertz CT molecular complexity index is 1030. The second-order valence-electron chi connectivity index (χ2n) is 7.89. The minimum Gasteiger partial charge on any atom is -0.494 e. The molecule has 162 valence electrons. The number of aliphatic imine (C=N–C) groups is 1. The molecule has 1 N–H and O–H groups in total. The fourth-order valence-corrected chi connectivity index (χ4v) is 4.29. The van der Waals surface area contributed by atoms with Crippen LogP contribution in [0.4, 0.5) is 4.39 Å². The van der Waals surface area contributed by atoms with Crippen LogP contribution < -0.4 is 5.32 Å². The first-order chi connectivity index (χ1) is 15.1. The van der Waals surface area contributed by atoms with Gasteiger partial charge in [-0.2, -0.15) is 0 Å². The van der Waals surface area contributed by atoms with Crippen molar-refractivity contribution in [3.63, 3.8) is 0 Å². The SMILES string of the molecule is C=N/C(=C(\C1=C(C)CC=C1)C1C=C(F)C=C1OCCOC)c1cnc2c(c1)CNCC2. The van der Waals surface area contributed by atoms with Crippen molar-refractivity contribution < 1.29 is 13.9 Å². The molecule has 2 heterocycles. The van der Waals surface area contributed by atoms with Gasteiger partial charge in [-0.15, -0.1) is 0 Å². The molecule has 0 saturated heterocycles. The molecule has 0 amide bonds. The smallest absolute Gasteiger partial charge is 0.123 e. The maximum absolute atomic E-state index is 14.4. The van der Waals surface area contributed by atoms with E-state index in [0.29, 0.717) is 24.7 Å². The molecule has 2 aliphatic carbocycles. The van der Waals surface area contributed by atoms with Crippen LogP contribution in [0.2, 0.25) is 0 Å². The van der Waals surface area contributed by atoms with E-state index in [1.807, 2.05) is 6.20 Å². The Hall–Kier alpha value is -2.83. The maximum atomic E-state index is 14.4. The molecule has 0 radical (unpaired) electrons. The topological polar surface area (TPSA) is 55.7 Å². The molecule has 0 spiro atoms. The van der Waals surface area contributed by atoms with Crippen LogP contribution in [0.15, 0.2) is 69.9 Å². The van der Waals surface area contributed by atoms with Gasteiger partial charge in [-0.25, -0.2) is 4.39 Å². The molecule has 0 saturated carbocycles. The Morgan fingerprint density at radius 3 is 3.00 bits per heavy atom. The molecule has 0 fully saturated rings. The summed E-state index contributed by atoms with van der Waals surface area (Å²) in [7, 11) is 1.61. The van der Waals surface area contributed by atoms with E-state index >= 15 is 0 Å². The second kappa shape index (κ2) is 9.54. The zero-order valence-electron chi connectivity index (χ0n) is 18.1. The fourth-order valence-electron chi connectivity index (χ4n) is 4.29. The lowest BCUT2D eigenvalue weighted by atomic mass is 9.87. The largest absolute Gasteiger partial charge is 0.494 e. The summed E-state index contributed by atoms with van der Waals surface area (Å²) < 4.78 is 25.4. The third-order valence-corrected chi connectivity index (χ3v) is 5.84. The standard InChI is InChI=1S/C25H28FN3O2/c1-16-5-4-6-20(16)24(21-12-19(26)13-23(21)31-10-9-30-3)25(27-2)18-11-17-14-28-8-7-22(17)29-15-18/h4,6,11-13,15,21,28H,2,5,7-10,14H2,1,3H3/b25-24+. The third-order valence-electron chi connectivity index (χ3n) is 5.84. The summed E-state index contributed by atoms with van der Waals surface area (Å²) in [5, 5.41) is 3.39. The third kappa shape index (κ3) is 4.45. The Morgan fingerprint density at radius 2 is 2.26 bits per heavy atom. The van der Waals surface area contributed by atoms with E-state index in [-0.39, 0.29) is 11.7 Å². The van der Waals surface area contributed by atoms with Crippen LogP contribution in [0.3, 0.4) is 0 Å². The summed E-state index contributed by atoms with van der Waals surface area (Å²) in [6, 6.07) is 2.12. The highest BCUT2D eigenvalue weighted by molar-refractivity contribution is 5.78. The lowest BCUT2D eigenvalue weighted by molar-refractivity contribution is 0.104. The predicted molar refractivity (Wildman–Crippen MR) is 121 cm³/mol. The van der Waals surface area contributed by atoms with E-state index in [2.05, 4.69) is 47.2 Å². The number of allylic oxidation sites excluding steroid dienone is 7. The van der Waals surface area contributed by atoms with Gasteiger partial charge in [-0.05, 0) is 43.3 Å². The number of hydrogen-bond acceptors (Lipinski definition) is 5. The van der Waals surface area contributed by atoms with Crippen LogP contribution in [0, 0.1) is 5.92 Å². The molecule has 5 nitrogen and oxygen atoms in total. The van der Waals surface area contributed by atoms with E-state index in [1.165, 1.54) is 11.6 Å². The molecule has 1 aliphatic heterocycles. The first-order valence-electron chi connectivity index (χ1n) is 10.6. The number of nitrogens with one attached hydrogen (secondary N) is 1. The van der Waals surface area contributed by atoms with Crippen molar-refractivity contribution in [2.75, 3.05) is 26.9 Å². The number of rotatable bonds is 8. The van der Waals surface area contributed by atoms with Gasteiger partial charge < -0.3 is 14.8 Å². The highest BCUT2D eigenvalue weighted by Crippen LogP contribution is 2.43. The van der Waals surface area contributed by atoms with Crippen LogP contribution in [-0.4, -0.2) is 38.6 Å². The Labute approximate surface area is 182 Å². The quantitative estimate of drug-likeness (QED) is 0.498. The Kier molecular flexibility index (Phi) is 6.59. The van der Waals surface area contributed by atoms with Crippen molar-refractivity contribution >= 4 is 12.4 Å². The lowest BCUT2D eigenvalue weighted by Crippen LogP contribution is -2.24. The van der Waals surface area contributed by atoms with E-state index in [1.54, 1.807) is 13.2 Å². The molecule has 0 bridgehead atoms. The summed E-state index contributed by atoms with van der Waals surface area (Å²) >= 11 is 0. The van der Waals surface area contributed by atoms with Gasteiger partial charge in [0.15, 0.2) is 0 Å². The number of methoxy groups -OCH3 is 1. The number of nitrogens with zero attached hydrogens (tertiary/aromatic N) is 2.